The molecule has 0 spiro atoms. The predicted octanol–water partition coefficient (Wildman–Crippen LogP) is 1.29. The molecule has 3 heterocycles. The molecule has 21 heavy (non-hydrogen) atoms. The van der Waals surface area contributed by atoms with Gasteiger partial charge < -0.3 is 14.6 Å². The second-order valence-corrected chi connectivity index (χ2v) is 5.73. The highest BCUT2D eigenvalue weighted by atomic mass is 16.5. The van der Waals surface area contributed by atoms with Gasteiger partial charge in [-0.1, -0.05) is 0 Å². The van der Waals surface area contributed by atoms with Crippen LogP contribution in [-0.4, -0.2) is 33.0 Å². The third-order valence-corrected chi connectivity index (χ3v) is 4.25. The van der Waals surface area contributed by atoms with E-state index in [2.05, 4.69) is 26.2 Å². The topological polar surface area (TPSA) is 56.9 Å². The van der Waals surface area contributed by atoms with Crippen LogP contribution in [0.3, 0.4) is 0 Å². The molecule has 2 aromatic heterocycles. The molecular weight excluding hydrogens is 266 g/mol. The Kier molecular flexibility index (Phi) is 3.96. The number of aromatic nitrogens is 4. The van der Waals surface area contributed by atoms with E-state index in [0.717, 1.165) is 43.2 Å². The first kappa shape index (κ1) is 14.1. The van der Waals surface area contributed by atoms with E-state index in [1.54, 1.807) is 11.8 Å². The summed E-state index contributed by atoms with van der Waals surface area (Å²) in [6.45, 7) is 4.90. The van der Waals surface area contributed by atoms with Crippen molar-refractivity contribution in [1.29, 1.82) is 0 Å². The van der Waals surface area contributed by atoms with Crippen molar-refractivity contribution in [3.05, 3.63) is 29.5 Å². The first-order valence-corrected chi connectivity index (χ1v) is 7.46. The molecule has 0 aromatic carbocycles. The Morgan fingerprint density at radius 1 is 1.48 bits per heavy atom. The molecule has 1 aliphatic heterocycles. The Labute approximate surface area is 125 Å². The van der Waals surface area contributed by atoms with Gasteiger partial charge in [0.05, 0.1) is 18.4 Å². The minimum atomic E-state index is 0.662. The second kappa shape index (κ2) is 5.89. The Morgan fingerprint density at radius 3 is 3.14 bits per heavy atom. The summed E-state index contributed by atoms with van der Waals surface area (Å²) in [5.74, 6) is 2.73. The van der Waals surface area contributed by atoms with Gasteiger partial charge in [0.15, 0.2) is 0 Å². The van der Waals surface area contributed by atoms with Crippen molar-refractivity contribution in [3.8, 4) is 5.88 Å². The molecule has 1 atom stereocenters. The van der Waals surface area contributed by atoms with Gasteiger partial charge in [-0.3, -0.25) is 0 Å². The third-order valence-electron chi connectivity index (χ3n) is 4.25. The number of rotatable bonds is 5. The van der Waals surface area contributed by atoms with E-state index in [0.29, 0.717) is 5.92 Å². The maximum absolute atomic E-state index is 5.42. The van der Waals surface area contributed by atoms with Crippen molar-refractivity contribution in [2.45, 2.75) is 32.9 Å². The van der Waals surface area contributed by atoms with Crippen molar-refractivity contribution in [1.82, 2.24) is 24.6 Å². The van der Waals surface area contributed by atoms with Crippen LogP contribution in [0, 0.1) is 12.8 Å². The molecule has 6 heteroatoms. The molecule has 0 radical (unpaired) electrons. The molecule has 0 saturated heterocycles. The Balaban J connectivity index is 1.55. The zero-order chi connectivity index (χ0) is 14.8. The quantitative estimate of drug-likeness (QED) is 0.901. The number of imidazole rings is 1. The van der Waals surface area contributed by atoms with Crippen LogP contribution in [0.2, 0.25) is 0 Å². The number of aryl methyl sites for hydroxylation is 3. The maximum Gasteiger partial charge on any atom is 0.216 e. The lowest BCUT2D eigenvalue weighted by Crippen LogP contribution is -2.29. The average Bonchev–Trinajstić information content (AvgIpc) is 3.03. The highest BCUT2D eigenvalue weighted by Crippen LogP contribution is 2.21. The fourth-order valence-corrected chi connectivity index (χ4v) is 3.14. The monoisotopic (exact) mass is 289 g/mol. The maximum atomic E-state index is 5.42. The minimum Gasteiger partial charge on any atom is -0.481 e. The summed E-state index contributed by atoms with van der Waals surface area (Å²) in [6, 6.07) is 0. The lowest BCUT2D eigenvalue weighted by molar-refractivity contribution is 0.343. The normalized spacial score (nSPS) is 17.8. The van der Waals surface area contributed by atoms with E-state index >= 15 is 0 Å². The molecule has 2 aromatic rings. The van der Waals surface area contributed by atoms with Crippen LogP contribution in [0.4, 0.5) is 0 Å². The minimum absolute atomic E-state index is 0.662. The summed E-state index contributed by atoms with van der Waals surface area (Å²) < 4.78 is 9.49. The molecule has 0 fully saturated rings. The first-order chi connectivity index (χ1) is 10.2. The largest absolute Gasteiger partial charge is 0.481 e. The van der Waals surface area contributed by atoms with E-state index in [9.17, 15) is 0 Å². The van der Waals surface area contributed by atoms with E-state index < -0.39 is 0 Å². The number of nitrogens with zero attached hydrogens (tertiary/aromatic N) is 4. The van der Waals surface area contributed by atoms with Gasteiger partial charge in [0.1, 0.15) is 5.82 Å². The number of methoxy groups -OCH3 is 1. The number of hydrogen-bond donors (Lipinski definition) is 1. The van der Waals surface area contributed by atoms with Crippen LogP contribution < -0.4 is 10.1 Å². The number of fused-ring (bicyclic) bond motifs is 1. The Hall–Kier alpha value is -1.82. The SMILES string of the molecule is COc1c(CNCC2CCc3nccn3C2)c(C)nn1C. The van der Waals surface area contributed by atoms with Crippen molar-refractivity contribution in [2.75, 3.05) is 13.7 Å². The molecular formula is C15H23N5O. The zero-order valence-corrected chi connectivity index (χ0v) is 13.0. The fourth-order valence-electron chi connectivity index (χ4n) is 3.14. The van der Waals surface area contributed by atoms with Crippen molar-refractivity contribution < 1.29 is 4.74 Å². The molecule has 1 N–H and O–H groups in total. The summed E-state index contributed by atoms with van der Waals surface area (Å²) >= 11 is 0. The van der Waals surface area contributed by atoms with E-state index in [1.165, 1.54) is 12.2 Å². The standard InChI is InChI=1S/C15H23N5O/c1-11-13(15(21-3)19(2)18-11)9-16-8-12-4-5-14-17-6-7-20(14)10-12/h6-7,12,16H,4-5,8-10H2,1-3H3. The van der Waals surface area contributed by atoms with Crippen molar-refractivity contribution >= 4 is 0 Å². The fraction of sp³-hybridized carbons (Fsp3) is 0.600. The number of nitrogens with one attached hydrogen (secondary N) is 1. The van der Waals surface area contributed by atoms with Gasteiger partial charge in [-0.25, -0.2) is 9.67 Å². The smallest absolute Gasteiger partial charge is 0.216 e. The number of hydrogen-bond acceptors (Lipinski definition) is 4. The molecule has 0 aliphatic carbocycles. The summed E-state index contributed by atoms with van der Waals surface area (Å²) in [7, 11) is 3.61. The highest BCUT2D eigenvalue weighted by Gasteiger charge is 2.19. The lowest BCUT2D eigenvalue weighted by atomic mass is 9.99. The number of ether oxygens (including phenoxy) is 1. The predicted molar refractivity (Wildman–Crippen MR) is 80.2 cm³/mol. The molecule has 0 saturated carbocycles. The van der Waals surface area contributed by atoms with Crippen LogP contribution in [0.1, 0.15) is 23.5 Å². The van der Waals surface area contributed by atoms with Gasteiger partial charge in [-0.05, 0) is 25.8 Å². The van der Waals surface area contributed by atoms with Crippen LogP contribution in [0.5, 0.6) is 5.88 Å². The lowest BCUT2D eigenvalue weighted by Gasteiger charge is -2.24. The van der Waals surface area contributed by atoms with E-state index in [-0.39, 0.29) is 0 Å². The third kappa shape index (κ3) is 2.81. The van der Waals surface area contributed by atoms with Crippen LogP contribution in [-0.2, 0) is 26.6 Å². The molecule has 114 valence electrons. The Morgan fingerprint density at radius 2 is 2.33 bits per heavy atom. The van der Waals surface area contributed by atoms with Crippen LogP contribution in [0.25, 0.3) is 0 Å². The molecule has 6 nitrogen and oxygen atoms in total. The molecule has 1 aliphatic rings. The zero-order valence-electron chi connectivity index (χ0n) is 13.0. The van der Waals surface area contributed by atoms with Crippen LogP contribution in [0.15, 0.2) is 12.4 Å². The van der Waals surface area contributed by atoms with Gasteiger partial charge >= 0.3 is 0 Å². The molecule has 1 unspecified atom stereocenters. The van der Waals surface area contributed by atoms with E-state index in [1.807, 2.05) is 20.2 Å². The van der Waals surface area contributed by atoms with Gasteiger partial charge in [0.25, 0.3) is 0 Å². The molecule has 0 amide bonds. The molecule has 3 rings (SSSR count). The van der Waals surface area contributed by atoms with Gasteiger partial charge in [0.2, 0.25) is 5.88 Å². The van der Waals surface area contributed by atoms with Crippen LogP contribution >= 0.6 is 0 Å². The summed E-state index contributed by atoms with van der Waals surface area (Å²) in [6.07, 6.45) is 6.26. The summed E-state index contributed by atoms with van der Waals surface area (Å²) in [4.78, 5) is 4.37. The highest BCUT2D eigenvalue weighted by molar-refractivity contribution is 5.30. The second-order valence-electron chi connectivity index (χ2n) is 5.73. The van der Waals surface area contributed by atoms with E-state index in [4.69, 9.17) is 4.74 Å². The van der Waals surface area contributed by atoms with Gasteiger partial charge in [-0.2, -0.15) is 5.10 Å². The van der Waals surface area contributed by atoms with Crippen molar-refractivity contribution in [3.63, 3.8) is 0 Å². The Bertz CT molecular complexity index is 616. The summed E-state index contributed by atoms with van der Waals surface area (Å²) in [5.41, 5.74) is 2.18. The van der Waals surface area contributed by atoms with Gasteiger partial charge in [0, 0.05) is 39.0 Å². The summed E-state index contributed by atoms with van der Waals surface area (Å²) in [5, 5.41) is 7.97. The molecule has 0 bridgehead atoms. The van der Waals surface area contributed by atoms with Crippen molar-refractivity contribution in [2.24, 2.45) is 13.0 Å². The average molecular weight is 289 g/mol. The van der Waals surface area contributed by atoms with Gasteiger partial charge in [-0.15, -0.1) is 0 Å². The first-order valence-electron chi connectivity index (χ1n) is 7.46.